The summed E-state index contributed by atoms with van der Waals surface area (Å²) in [7, 11) is -1.99. The third kappa shape index (κ3) is 3.58. The van der Waals surface area contributed by atoms with Crippen molar-refractivity contribution in [3.05, 3.63) is 0 Å². The summed E-state index contributed by atoms with van der Waals surface area (Å²) in [6.07, 6.45) is 0. The van der Waals surface area contributed by atoms with Crippen molar-refractivity contribution in [1.29, 1.82) is 0 Å². The molecule has 0 radical (unpaired) electrons. The quantitative estimate of drug-likeness (QED) is 0.499. The molecular formula is C8H15ClN2O4S. The average molecular weight is 271 g/mol. The zero-order valence-corrected chi connectivity index (χ0v) is 10.6. The molecule has 0 aromatic rings. The minimum absolute atomic E-state index is 0.200. The van der Waals surface area contributed by atoms with Crippen molar-refractivity contribution >= 4 is 27.6 Å². The summed E-state index contributed by atoms with van der Waals surface area (Å²) in [4.78, 5) is 12.9. The Morgan fingerprint density at radius 3 is 2.31 bits per heavy atom. The lowest BCUT2D eigenvalue weighted by molar-refractivity contribution is -0.142. The van der Waals surface area contributed by atoms with Gasteiger partial charge >= 0.3 is 5.97 Å². The summed E-state index contributed by atoms with van der Waals surface area (Å²) in [6, 6.07) is 0. The summed E-state index contributed by atoms with van der Waals surface area (Å²) in [5.41, 5.74) is 0. The van der Waals surface area contributed by atoms with Gasteiger partial charge in [0.05, 0.1) is 13.7 Å². The van der Waals surface area contributed by atoms with E-state index in [1.165, 1.54) is 11.4 Å². The van der Waals surface area contributed by atoms with E-state index in [2.05, 4.69) is 4.74 Å². The maximum Gasteiger partial charge on any atom is 0.319 e. The topological polar surface area (TPSA) is 66.9 Å². The van der Waals surface area contributed by atoms with Crippen LogP contribution in [0.1, 0.15) is 0 Å². The first-order chi connectivity index (χ1) is 7.49. The summed E-state index contributed by atoms with van der Waals surface area (Å²) in [6.45, 7) is 1.97. The number of rotatable bonds is 4. The largest absolute Gasteiger partial charge is 0.468 e. The molecule has 1 aliphatic rings. The Morgan fingerprint density at radius 1 is 1.31 bits per heavy atom. The van der Waals surface area contributed by atoms with Gasteiger partial charge in [-0.05, 0) is 0 Å². The van der Waals surface area contributed by atoms with Gasteiger partial charge in [-0.2, -0.15) is 4.31 Å². The fourth-order valence-corrected chi connectivity index (χ4v) is 2.75. The minimum Gasteiger partial charge on any atom is -0.468 e. The molecule has 1 fully saturated rings. The first-order valence-electron chi connectivity index (χ1n) is 4.82. The summed E-state index contributed by atoms with van der Waals surface area (Å²) < 4.78 is 28.7. The Balaban J connectivity index is 2.43. The standard InChI is InChI=1S/C8H15ClN2O4S/c1-15-8(12)6-10-2-4-11(5-3-10)16(13,14)7-9/h2-7H2,1H3. The van der Waals surface area contributed by atoms with E-state index in [0.29, 0.717) is 26.2 Å². The van der Waals surface area contributed by atoms with Crippen molar-refractivity contribution in [1.82, 2.24) is 9.21 Å². The number of carbonyl (C=O) groups is 1. The van der Waals surface area contributed by atoms with Gasteiger partial charge in [-0.15, -0.1) is 11.6 Å². The van der Waals surface area contributed by atoms with E-state index in [4.69, 9.17) is 11.6 Å². The summed E-state index contributed by atoms with van der Waals surface area (Å²) in [5.74, 6) is -0.311. The van der Waals surface area contributed by atoms with Crippen LogP contribution < -0.4 is 0 Å². The Kier molecular flexibility index (Phi) is 4.97. The van der Waals surface area contributed by atoms with Gasteiger partial charge in [0.1, 0.15) is 5.21 Å². The highest BCUT2D eigenvalue weighted by Gasteiger charge is 2.26. The molecule has 6 nitrogen and oxygen atoms in total. The highest BCUT2D eigenvalue weighted by atomic mass is 35.5. The molecule has 16 heavy (non-hydrogen) atoms. The van der Waals surface area contributed by atoms with Gasteiger partial charge in [0, 0.05) is 26.2 Å². The second kappa shape index (κ2) is 5.81. The molecule has 0 saturated carbocycles. The number of hydrogen-bond donors (Lipinski definition) is 0. The van der Waals surface area contributed by atoms with Crippen LogP contribution in [0.25, 0.3) is 0 Å². The van der Waals surface area contributed by atoms with Crippen LogP contribution in [-0.2, 0) is 19.6 Å². The van der Waals surface area contributed by atoms with Gasteiger partial charge < -0.3 is 4.74 Å². The third-order valence-corrected chi connectivity index (χ3v) is 4.70. The second-order valence-electron chi connectivity index (χ2n) is 3.47. The minimum atomic E-state index is -3.32. The first-order valence-corrected chi connectivity index (χ1v) is 6.97. The van der Waals surface area contributed by atoms with Crippen LogP contribution in [0.4, 0.5) is 0 Å². The van der Waals surface area contributed by atoms with Crippen LogP contribution in [0.5, 0.6) is 0 Å². The maximum atomic E-state index is 11.4. The molecule has 0 unspecified atom stereocenters. The molecule has 94 valence electrons. The van der Waals surface area contributed by atoms with Gasteiger partial charge in [0.15, 0.2) is 0 Å². The Hall–Kier alpha value is -0.370. The number of esters is 1. The van der Waals surface area contributed by atoms with Crippen molar-refractivity contribution in [3.63, 3.8) is 0 Å². The first kappa shape index (κ1) is 13.7. The number of nitrogens with zero attached hydrogens (tertiary/aromatic N) is 2. The molecule has 0 amide bonds. The van der Waals surface area contributed by atoms with E-state index in [-0.39, 0.29) is 12.5 Å². The van der Waals surface area contributed by atoms with E-state index >= 15 is 0 Å². The van der Waals surface area contributed by atoms with Crippen LogP contribution in [0, 0.1) is 0 Å². The molecule has 1 heterocycles. The molecule has 0 N–H and O–H groups in total. The second-order valence-corrected chi connectivity index (χ2v) is 6.03. The predicted molar refractivity (Wildman–Crippen MR) is 59.7 cm³/mol. The van der Waals surface area contributed by atoms with E-state index in [9.17, 15) is 13.2 Å². The molecule has 0 aromatic heterocycles. The van der Waals surface area contributed by atoms with Crippen molar-refractivity contribution in [3.8, 4) is 0 Å². The molecule has 0 atom stereocenters. The third-order valence-electron chi connectivity index (χ3n) is 2.44. The average Bonchev–Trinajstić information content (AvgIpc) is 2.29. The predicted octanol–water partition coefficient (Wildman–Crippen LogP) is -0.697. The van der Waals surface area contributed by atoms with Gasteiger partial charge in [-0.3, -0.25) is 9.69 Å². The van der Waals surface area contributed by atoms with Gasteiger partial charge in [-0.25, -0.2) is 8.42 Å². The fraction of sp³-hybridized carbons (Fsp3) is 0.875. The lowest BCUT2D eigenvalue weighted by atomic mass is 10.3. The lowest BCUT2D eigenvalue weighted by Gasteiger charge is -2.32. The highest BCUT2D eigenvalue weighted by Crippen LogP contribution is 2.08. The Morgan fingerprint density at radius 2 is 1.88 bits per heavy atom. The summed E-state index contributed by atoms with van der Waals surface area (Å²) in [5, 5.41) is -0.399. The number of alkyl halides is 1. The maximum absolute atomic E-state index is 11.4. The Labute approximate surface area is 100 Å². The fourth-order valence-electron chi connectivity index (χ4n) is 1.48. The monoisotopic (exact) mass is 270 g/mol. The molecule has 0 aromatic carbocycles. The number of piperazine rings is 1. The van der Waals surface area contributed by atoms with Crippen LogP contribution in [0.3, 0.4) is 0 Å². The van der Waals surface area contributed by atoms with E-state index in [1.807, 2.05) is 4.90 Å². The smallest absolute Gasteiger partial charge is 0.319 e. The number of ether oxygens (including phenoxy) is 1. The van der Waals surface area contributed by atoms with Crippen LogP contribution in [0.2, 0.25) is 0 Å². The lowest BCUT2D eigenvalue weighted by Crippen LogP contribution is -2.50. The van der Waals surface area contributed by atoms with Crippen LogP contribution in [-0.4, -0.2) is 68.6 Å². The number of hydrogen-bond acceptors (Lipinski definition) is 5. The molecule has 0 bridgehead atoms. The van der Waals surface area contributed by atoms with E-state index in [1.54, 1.807) is 0 Å². The SMILES string of the molecule is COC(=O)CN1CCN(S(=O)(=O)CCl)CC1. The Bertz CT molecular complexity index is 338. The zero-order valence-electron chi connectivity index (χ0n) is 9.06. The molecular weight excluding hydrogens is 256 g/mol. The number of methoxy groups -OCH3 is 1. The van der Waals surface area contributed by atoms with Crippen molar-refractivity contribution in [2.45, 2.75) is 0 Å². The molecule has 8 heteroatoms. The number of halogens is 1. The number of carbonyl (C=O) groups excluding carboxylic acids is 1. The number of sulfonamides is 1. The molecule has 1 saturated heterocycles. The normalized spacial score (nSPS) is 19.6. The van der Waals surface area contributed by atoms with Gasteiger partial charge in [0.25, 0.3) is 0 Å². The van der Waals surface area contributed by atoms with Gasteiger partial charge in [0.2, 0.25) is 10.0 Å². The van der Waals surface area contributed by atoms with Crippen molar-refractivity contribution in [2.75, 3.05) is 45.0 Å². The molecule has 1 rings (SSSR count). The van der Waals surface area contributed by atoms with Crippen molar-refractivity contribution in [2.24, 2.45) is 0 Å². The van der Waals surface area contributed by atoms with Crippen molar-refractivity contribution < 1.29 is 17.9 Å². The molecule has 0 aliphatic carbocycles. The highest BCUT2D eigenvalue weighted by molar-refractivity contribution is 7.90. The van der Waals surface area contributed by atoms with E-state index < -0.39 is 15.2 Å². The van der Waals surface area contributed by atoms with E-state index in [0.717, 1.165) is 0 Å². The van der Waals surface area contributed by atoms with Crippen LogP contribution >= 0.6 is 11.6 Å². The van der Waals surface area contributed by atoms with Gasteiger partial charge in [-0.1, -0.05) is 0 Å². The molecule has 0 spiro atoms. The molecule has 1 aliphatic heterocycles. The summed E-state index contributed by atoms with van der Waals surface area (Å²) >= 11 is 5.35. The zero-order chi connectivity index (χ0) is 12.2. The van der Waals surface area contributed by atoms with Crippen LogP contribution in [0.15, 0.2) is 0 Å².